The maximum Gasteiger partial charge on any atom is 0.326 e. The molecule has 39 nitrogen and oxygen atoms in total. The Morgan fingerprint density at radius 2 is 0.692 bits per heavy atom. The van der Waals surface area contributed by atoms with Gasteiger partial charge in [-0.2, -0.15) is 0 Å². The molecule has 0 aliphatic heterocycles. The van der Waals surface area contributed by atoms with Crippen LogP contribution >= 0.6 is 0 Å². The first-order valence-electron chi connectivity index (χ1n) is 33.6. The van der Waals surface area contributed by atoms with Gasteiger partial charge in [-0.25, -0.2) is 4.79 Å². The second-order valence-corrected chi connectivity index (χ2v) is 26.4. The second kappa shape index (κ2) is 45.9. The topological polar surface area (TPSA) is 634 Å². The zero-order valence-corrected chi connectivity index (χ0v) is 59.9. The molecule has 23 N–H and O–H groups in total. The molecule has 0 fully saturated rings. The van der Waals surface area contributed by atoms with Gasteiger partial charge in [-0.15, -0.1) is 0 Å². The summed E-state index contributed by atoms with van der Waals surface area (Å²) in [4.78, 5) is 223. The van der Waals surface area contributed by atoms with Crippen LogP contribution in [0.15, 0.2) is 30.3 Å². The number of hydrogen-bond acceptors (Lipinski definition) is 22. The van der Waals surface area contributed by atoms with Crippen molar-refractivity contribution in [2.45, 2.75) is 225 Å². The maximum absolute atomic E-state index is 14.0. The Bertz CT molecular complexity index is 3130. The fourth-order valence-corrected chi connectivity index (χ4v) is 9.79. The Balaban J connectivity index is 3.29. The Hall–Kier alpha value is -9.99. The van der Waals surface area contributed by atoms with Crippen molar-refractivity contribution in [3.8, 4) is 0 Å². The third-order valence-corrected chi connectivity index (χ3v) is 15.6. The Kier molecular flexibility index (Phi) is 40.6. The summed E-state index contributed by atoms with van der Waals surface area (Å²) in [5.74, 6) is -22.4. The van der Waals surface area contributed by atoms with E-state index in [2.05, 4.69) is 63.8 Å². The first-order chi connectivity index (χ1) is 48.4. The van der Waals surface area contributed by atoms with Crippen LogP contribution in [0.4, 0.5) is 0 Å². The van der Waals surface area contributed by atoms with E-state index in [0.717, 1.165) is 26.3 Å². The average molecular weight is 1480 g/mol. The van der Waals surface area contributed by atoms with Crippen LogP contribution in [0.1, 0.15) is 133 Å². The van der Waals surface area contributed by atoms with Crippen molar-refractivity contribution < 1.29 is 122 Å². The van der Waals surface area contributed by atoms with Crippen molar-refractivity contribution in [3.05, 3.63) is 35.9 Å². The number of hydrogen-bond donors (Lipinski definition) is 22. The number of amides is 13. The van der Waals surface area contributed by atoms with Gasteiger partial charge in [-0.1, -0.05) is 85.7 Å². The molecule has 39 heteroatoms. The van der Waals surface area contributed by atoms with Gasteiger partial charge >= 0.3 is 23.9 Å². The minimum absolute atomic E-state index is 0.126. The molecule has 0 radical (unpaired) electrons. The van der Waals surface area contributed by atoms with Crippen LogP contribution in [-0.4, -0.2) is 252 Å². The smallest absolute Gasteiger partial charge is 0.326 e. The first kappa shape index (κ1) is 92.0. The Morgan fingerprint density at radius 1 is 0.365 bits per heavy atom. The number of aliphatic hydroxyl groups excluding tert-OH is 4. The lowest BCUT2D eigenvalue weighted by molar-refractivity contribution is -0.144. The number of carbonyl (C=O) groups is 17. The highest BCUT2D eigenvalue weighted by Crippen LogP contribution is 2.13. The fourth-order valence-electron chi connectivity index (χ4n) is 9.79. The summed E-state index contributed by atoms with van der Waals surface area (Å²) < 4.78 is 0. The summed E-state index contributed by atoms with van der Waals surface area (Å²) in [5.41, 5.74) is 6.89. The molecule has 1 rings (SSSR count). The number of carbonyl (C=O) groups excluding carboxylic acids is 13. The van der Waals surface area contributed by atoms with Crippen LogP contribution in [0.3, 0.4) is 0 Å². The van der Waals surface area contributed by atoms with Gasteiger partial charge < -0.3 is 116 Å². The van der Waals surface area contributed by atoms with Crippen LogP contribution in [0.25, 0.3) is 0 Å². The summed E-state index contributed by atoms with van der Waals surface area (Å²) in [5, 5.41) is 109. The number of aliphatic hydroxyl groups is 4. The molecule has 0 heterocycles. The van der Waals surface area contributed by atoms with Crippen LogP contribution in [0, 0.1) is 23.7 Å². The van der Waals surface area contributed by atoms with Crippen molar-refractivity contribution in [2.24, 2.45) is 29.4 Å². The highest BCUT2D eigenvalue weighted by molar-refractivity contribution is 6.00. The van der Waals surface area contributed by atoms with Gasteiger partial charge in [0.2, 0.25) is 76.8 Å². The monoisotopic (exact) mass is 1480 g/mol. The molecule has 0 unspecified atom stereocenters. The molecule has 0 saturated heterocycles. The number of nitrogens with one attached hydrogen (secondary N) is 13. The van der Waals surface area contributed by atoms with Gasteiger partial charge in [0.05, 0.1) is 38.0 Å². The molecule has 1 aromatic rings. The lowest BCUT2D eigenvalue weighted by Crippen LogP contribution is -2.63. The summed E-state index contributed by atoms with van der Waals surface area (Å²) >= 11 is 0. The molecule has 0 bridgehead atoms. The van der Waals surface area contributed by atoms with Gasteiger partial charge in [-0.05, 0) is 88.5 Å². The van der Waals surface area contributed by atoms with E-state index in [1.54, 1.807) is 58.0 Å². The predicted molar refractivity (Wildman–Crippen MR) is 364 cm³/mol. The quantitative estimate of drug-likeness (QED) is 0.0288. The molecule has 0 saturated carbocycles. The van der Waals surface area contributed by atoms with Crippen LogP contribution < -0.4 is 74.9 Å². The molecule has 0 spiro atoms. The highest BCUT2D eigenvalue weighted by Gasteiger charge is 2.39. The number of rotatable bonds is 48. The zero-order chi connectivity index (χ0) is 79.6. The van der Waals surface area contributed by atoms with Gasteiger partial charge in [0.15, 0.2) is 0 Å². The van der Waals surface area contributed by atoms with Crippen molar-refractivity contribution in [3.63, 3.8) is 0 Å². The van der Waals surface area contributed by atoms with E-state index in [1.165, 1.54) is 27.7 Å². The molecule has 13 amide bonds. The fraction of sp³-hybridized carbons (Fsp3) is 0.646. The van der Waals surface area contributed by atoms with Crippen molar-refractivity contribution in [1.29, 1.82) is 0 Å². The van der Waals surface area contributed by atoms with E-state index in [0.29, 0.717) is 0 Å². The van der Waals surface area contributed by atoms with Crippen LogP contribution in [-0.2, 0) is 87.9 Å². The Morgan fingerprint density at radius 3 is 1.10 bits per heavy atom. The molecular weight excluding hydrogens is 1380 g/mol. The standard InChI is InChI=1S/C65H104N14O25/c1-29(2)23-41(72-54(92)37(66)25-36-15-13-12-14-16-36)55(93)67-26-45(84)69-38(17-20-46(85)86)56(94)73-42(24-30(3)4)59(97)79-52(35(11)83)64(102)75-44(28-81)61(99)74-43(27-80)60(98)70-39(18-21-47(87)88)57(95)76-49(31(5)6)62(100)68-33(9)53(91)78-51(34(10)82)63(101)71-40(19-22-48(89)90)58(96)77-50(32(7)8)65(103)104/h12-16,29-35,37-44,49-52,80-83H,17-28,66H2,1-11H3,(H,67,93)(H,68,100)(H,69,84)(H,70,98)(H,71,101)(H,72,92)(H,73,94)(H,74,99)(H,75,102)(H,76,95)(H,77,96)(H,78,91)(H,79,97)(H,85,86)(H,87,88)(H,89,90)(H,103,104)/t33-,34+,35+,37-,38-,39-,40-,41-,42-,43-,44-,49-,50-,51-,52-/m0/s1. The van der Waals surface area contributed by atoms with Gasteiger partial charge in [-0.3, -0.25) is 76.7 Å². The average Bonchev–Trinajstić information content (AvgIpc) is 0.858. The van der Waals surface area contributed by atoms with Crippen LogP contribution in [0.2, 0.25) is 0 Å². The van der Waals surface area contributed by atoms with Gasteiger partial charge in [0.1, 0.15) is 72.5 Å². The predicted octanol–water partition coefficient (Wildman–Crippen LogP) is -6.66. The number of carboxylic acid groups (broad SMARTS) is 4. The number of aliphatic carboxylic acids is 4. The van der Waals surface area contributed by atoms with E-state index >= 15 is 0 Å². The van der Waals surface area contributed by atoms with Gasteiger partial charge in [0, 0.05) is 19.3 Å². The van der Waals surface area contributed by atoms with Crippen LogP contribution in [0.5, 0.6) is 0 Å². The summed E-state index contributed by atoms with van der Waals surface area (Å²) in [6.45, 7) is 12.5. The van der Waals surface area contributed by atoms with E-state index in [1.807, 2.05) is 5.32 Å². The largest absolute Gasteiger partial charge is 0.481 e. The summed E-state index contributed by atoms with van der Waals surface area (Å²) in [7, 11) is 0. The lowest BCUT2D eigenvalue weighted by atomic mass is 10.0. The molecule has 0 aromatic heterocycles. The highest BCUT2D eigenvalue weighted by atomic mass is 16.4. The normalized spacial score (nSPS) is 15.6. The molecule has 0 aliphatic rings. The van der Waals surface area contributed by atoms with E-state index in [4.69, 9.17) is 5.73 Å². The number of benzene rings is 1. The summed E-state index contributed by atoms with van der Waals surface area (Å²) in [6, 6.07) is -12.8. The van der Waals surface area contributed by atoms with E-state index < -0.39 is 267 Å². The number of nitrogens with two attached hydrogens (primary N) is 1. The van der Waals surface area contributed by atoms with Crippen molar-refractivity contribution >= 4 is 101 Å². The number of carboxylic acids is 4. The second-order valence-electron chi connectivity index (χ2n) is 26.4. The zero-order valence-electron chi connectivity index (χ0n) is 59.9. The third-order valence-electron chi connectivity index (χ3n) is 15.6. The molecule has 1 aromatic carbocycles. The maximum atomic E-state index is 14.0. The van der Waals surface area contributed by atoms with E-state index in [-0.39, 0.29) is 25.2 Å². The molecule has 104 heavy (non-hydrogen) atoms. The SMILES string of the molecule is CC(C)C[C@H](NC(=O)[C@H](CCC(=O)O)NC(=O)CNC(=O)[C@H](CC(C)C)NC(=O)[C@@H](N)Cc1ccccc1)C(=O)N[C@H](C(=O)N[C@@H](CO)C(=O)N[C@@H](CO)C(=O)N[C@@H](CCC(=O)O)C(=O)N[C@H](C(=O)N[C@@H](C)C(=O)N[C@H](C(=O)N[C@@H](CCC(=O)O)C(=O)N[C@H](C(=O)O)C(C)C)[C@@H](C)O)C(C)C)[C@@H](C)O. The van der Waals surface area contributed by atoms with E-state index in [9.17, 15) is 122 Å². The molecule has 15 atom stereocenters. The summed E-state index contributed by atoms with van der Waals surface area (Å²) in [6.07, 6.45) is -7.45. The third kappa shape index (κ3) is 33.9. The lowest BCUT2D eigenvalue weighted by Gasteiger charge is -2.29. The minimum atomic E-state index is -2.06. The Labute approximate surface area is 600 Å². The van der Waals surface area contributed by atoms with Gasteiger partial charge in [0.25, 0.3) is 0 Å². The first-order valence-corrected chi connectivity index (χ1v) is 33.6. The van der Waals surface area contributed by atoms with Crippen molar-refractivity contribution in [2.75, 3.05) is 19.8 Å². The van der Waals surface area contributed by atoms with Crippen molar-refractivity contribution in [1.82, 2.24) is 69.1 Å². The molecule has 0 aliphatic carbocycles. The molecular formula is C65H104N14O25. The molecule has 584 valence electrons. The minimum Gasteiger partial charge on any atom is -0.481 e.